The second-order valence-electron chi connectivity index (χ2n) is 6.83. The zero-order valence-electron chi connectivity index (χ0n) is 14.9. The molecule has 25 heavy (non-hydrogen) atoms. The molecule has 0 unspecified atom stereocenters. The van der Waals surface area contributed by atoms with E-state index >= 15 is 0 Å². The number of fused-ring (bicyclic) bond motifs is 1. The van der Waals surface area contributed by atoms with E-state index < -0.39 is 0 Å². The van der Waals surface area contributed by atoms with E-state index in [1.54, 1.807) is 6.92 Å². The van der Waals surface area contributed by atoms with Gasteiger partial charge >= 0.3 is 0 Å². The fourth-order valence-electron chi connectivity index (χ4n) is 3.39. The van der Waals surface area contributed by atoms with Crippen LogP contribution in [0.2, 0.25) is 0 Å². The molecule has 2 N–H and O–H groups in total. The molecule has 132 valence electrons. The number of hydrogen-bond acceptors (Lipinski definition) is 2. The molecule has 5 nitrogen and oxygen atoms in total. The number of benzene rings is 2. The van der Waals surface area contributed by atoms with Crippen LogP contribution in [0.25, 0.3) is 10.8 Å². The third kappa shape index (κ3) is 4.37. The van der Waals surface area contributed by atoms with E-state index in [9.17, 15) is 9.59 Å². The highest BCUT2D eigenvalue weighted by atomic mass is 16.2. The molecule has 2 amide bonds. The quantitative estimate of drug-likeness (QED) is 0.864. The molecule has 1 atom stereocenters. The standard InChI is InChI=1S/C20H25N3O2/c1-15(18-8-7-17-5-3-4-6-19(17)13-18)21-20(25)14-22-9-11-23(12-10-22)16(2)24/h3-8,13,15H,9-12,14H2,1-2H3,(H,21,25)/p+1/t15-/m0/s1. The van der Waals surface area contributed by atoms with Crippen LogP contribution in [0.1, 0.15) is 25.5 Å². The lowest BCUT2D eigenvalue weighted by Gasteiger charge is -2.31. The van der Waals surface area contributed by atoms with Crippen LogP contribution in [0.15, 0.2) is 42.5 Å². The Labute approximate surface area is 148 Å². The van der Waals surface area contributed by atoms with E-state index in [0.29, 0.717) is 6.54 Å². The SMILES string of the molecule is CC(=O)N1CC[NH+](CC(=O)N[C@@H](C)c2ccc3ccccc3c2)CC1. The Kier molecular flexibility index (Phi) is 5.34. The first-order valence-electron chi connectivity index (χ1n) is 8.90. The highest BCUT2D eigenvalue weighted by Gasteiger charge is 2.23. The van der Waals surface area contributed by atoms with Gasteiger partial charge in [-0.3, -0.25) is 9.59 Å². The zero-order valence-corrected chi connectivity index (χ0v) is 14.9. The summed E-state index contributed by atoms with van der Waals surface area (Å²) in [6.45, 7) is 7.21. The first-order valence-corrected chi connectivity index (χ1v) is 8.90. The number of piperazine rings is 1. The van der Waals surface area contributed by atoms with Gasteiger partial charge in [0.25, 0.3) is 5.91 Å². The number of carbonyl (C=O) groups excluding carboxylic acids is 2. The molecule has 2 aromatic carbocycles. The minimum absolute atomic E-state index is 0.0185. The molecule has 5 heteroatoms. The molecular formula is C20H26N3O2+. The van der Waals surface area contributed by atoms with E-state index in [2.05, 4.69) is 35.6 Å². The Bertz CT molecular complexity index is 766. The maximum atomic E-state index is 12.4. The van der Waals surface area contributed by atoms with Crippen molar-refractivity contribution in [1.29, 1.82) is 0 Å². The van der Waals surface area contributed by atoms with Gasteiger partial charge in [-0.15, -0.1) is 0 Å². The summed E-state index contributed by atoms with van der Waals surface area (Å²) in [7, 11) is 0. The molecule has 1 aliphatic heterocycles. The molecule has 0 bridgehead atoms. The molecule has 1 saturated heterocycles. The van der Waals surface area contributed by atoms with Crippen LogP contribution in [0, 0.1) is 0 Å². The van der Waals surface area contributed by atoms with Crippen molar-refractivity contribution in [1.82, 2.24) is 10.2 Å². The van der Waals surface area contributed by atoms with Crippen molar-refractivity contribution in [3.05, 3.63) is 48.0 Å². The van der Waals surface area contributed by atoms with E-state index in [1.165, 1.54) is 15.7 Å². The number of hydrogen-bond donors (Lipinski definition) is 2. The molecule has 0 aliphatic carbocycles. The second kappa shape index (κ2) is 7.66. The summed E-state index contributed by atoms with van der Waals surface area (Å²) in [4.78, 5) is 26.8. The summed E-state index contributed by atoms with van der Waals surface area (Å²) in [5.74, 6) is 0.181. The zero-order chi connectivity index (χ0) is 17.8. The molecule has 1 heterocycles. The van der Waals surface area contributed by atoms with Crippen molar-refractivity contribution in [3.8, 4) is 0 Å². The van der Waals surface area contributed by atoms with Crippen LogP contribution < -0.4 is 10.2 Å². The van der Waals surface area contributed by atoms with Gasteiger partial charge in [-0.1, -0.05) is 36.4 Å². The Morgan fingerprint density at radius 1 is 1.12 bits per heavy atom. The summed E-state index contributed by atoms with van der Waals surface area (Å²) >= 11 is 0. The summed E-state index contributed by atoms with van der Waals surface area (Å²) < 4.78 is 0. The predicted octanol–water partition coefficient (Wildman–Crippen LogP) is 0.764. The first kappa shape index (κ1) is 17.4. The van der Waals surface area contributed by atoms with E-state index in [-0.39, 0.29) is 17.9 Å². The molecule has 2 aromatic rings. The molecule has 0 spiro atoms. The average molecular weight is 340 g/mol. The number of carbonyl (C=O) groups is 2. The number of rotatable bonds is 4. The van der Waals surface area contributed by atoms with Gasteiger partial charge in [-0.25, -0.2) is 0 Å². The first-order chi connectivity index (χ1) is 12.0. The molecule has 1 aliphatic rings. The van der Waals surface area contributed by atoms with Crippen molar-refractivity contribution >= 4 is 22.6 Å². The topological polar surface area (TPSA) is 53.9 Å². The highest BCUT2D eigenvalue weighted by Crippen LogP contribution is 2.20. The van der Waals surface area contributed by atoms with Gasteiger partial charge in [0.2, 0.25) is 5.91 Å². The van der Waals surface area contributed by atoms with Gasteiger partial charge in [0.15, 0.2) is 6.54 Å². The van der Waals surface area contributed by atoms with Gasteiger partial charge < -0.3 is 15.1 Å². The molecule has 0 aromatic heterocycles. The largest absolute Gasteiger partial charge is 0.345 e. The summed E-state index contributed by atoms with van der Waals surface area (Å²) in [6, 6.07) is 14.5. The number of nitrogens with zero attached hydrogens (tertiary/aromatic N) is 1. The normalized spacial score (nSPS) is 16.6. The predicted molar refractivity (Wildman–Crippen MR) is 98.3 cm³/mol. The highest BCUT2D eigenvalue weighted by molar-refractivity contribution is 5.83. The third-order valence-electron chi connectivity index (χ3n) is 4.98. The fraction of sp³-hybridized carbons (Fsp3) is 0.400. The number of nitrogens with one attached hydrogen (secondary N) is 2. The Morgan fingerprint density at radius 2 is 1.80 bits per heavy atom. The van der Waals surface area contributed by atoms with Gasteiger partial charge in [0.05, 0.1) is 32.2 Å². The fourth-order valence-corrected chi connectivity index (χ4v) is 3.39. The summed E-state index contributed by atoms with van der Waals surface area (Å²) in [6.07, 6.45) is 0. The molecule has 1 fully saturated rings. The minimum atomic E-state index is -0.0185. The number of amides is 2. The van der Waals surface area contributed by atoms with Crippen molar-refractivity contribution < 1.29 is 14.5 Å². The summed E-state index contributed by atoms with van der Waals surface area (Å²) in [5, 5.41) is 5.50. The van der Waals surface area contributed by atoms with Crippen molar-refractivity contribution in [2.45, 2.75) is 19.9 Å². The third-order valence-corrected chi connectivity index (χ3v) is 4.98. The van der Waals surface area contributed by atoms with Crippen LogP contribution in [0.5, 0.6) is 0 Å². The van der Waals surface area contributed by atoms with Gasteiger partial charge in [-0.2, -0.15) is 0 Å². The lowest BCUT2D eigenvalue weighted by Crippen LogP contribution is -3.15. The molecule has 0 saturated carbocycles. The van der Waals surface area contributed by atoms with Crippen molar-refractivity contribution in [2.75, 3.05) is 32.7 Å². The van der Waals surface area contributed by atoms with Crippen LogP contribution in [0.3, 0.4) is 0 Å². The van der Waals surface area contributed by atoms with Crippen LogP contribution in [-0.2, 0) is 9.59 Å². The Hall–Kier alpha value is -2.40. The van der Waals surface area contributed by atoms with Crippen molar-refractivity contribution in [2.24, 2.45) is 0 Å². The summed E-state index contributed by atoms with van der Waals surface area (Å²) in [5.41, 5.74) is 1.11. The minimum Gasteiger partial charge on any atom is -0.345 e. The number of quaternary nitrogens is 1. The maximum Gasteiger partial charge on any atom is 0.275 e. The Balaban J connectivity index is 1.54. The maximum absolute atomic E-state index is 12.4. The Morgan fingerprint density at radius 3 is 2.48 bits per heavy atom. The van der Waals surface area contributed by atoms with Gasteiger partial charge in [0, 0.05) is 6.92 Å². The smallest absolute Gasteiger partial charge is 0.275 e. The average Bonchev–Trinajstić information content (AvgIpc) is 2.61. The monoisotopic (exact) mass is 340 g/mol. The van der Waals surface area contributed by atoms with E-state index in [4.69, 9.17) is 0 Å². The molecule has 3 rings (SSSR count). The van der Waals surface area contributed by atoms with Gasteiger partial charge in [-0.05, 0) is 29.3 Å². The van der Waals surface area contributed by atoms with Crippen LogP contribution >= 0.6 is 0 Å². The lowest BCUT2D eigenvalue weighted by molar-refractivity contribution is -0.896. The molecular weight excluding hydrogens is 314 g/mol. The lowest BCUT2D eigenvalue weighted by atomic mass is 10.0. The molecule has 0 radical (unpaired) electrons. The van der Waals surface area contributed by atoms with Crippen molar-refractivity contribution in [3.63, 3.8) is 0 Å². The van der Waals surface area contributed by atoms with Gasteiger partial charge in [0.1, 0.15) is 0 Å². The van der Waals surface area contributed by atoms with E-state index in [1.807, 2.05) is 24.0 Å². The van der Waals surface area contributed by atoms with Crippen LogP contribution in [0.4, 0.5) is 0 Å². The van der Waals surface area contributed by atoms with Crippen LogP contribution in [-0.4, -0.2) is 49.4 Å². The second-order valence-corrected chi connectivity index (χ2v) is 6.83. The van der Waals surface area contributed by atoms with E-state index in [0.717, 1.165) is 31.7 Å².